The lowest BCUT2D eigenvalue weighted by Gasteiger charge is -2.14. The first-order valence-corrected chi connectivity index (χ1v) is 11.5. The van der Waals surface area contributed by atoms with Crippen molar-refractivity contribution >= 4 is 28.3 Å². The number of alkyl halides is 1. The Morgan fingerprint density at radius 3 is 3.09 bits per heavy atom. The number of carbonyl (C=O) groups is 1. The number of carbonyl (C=O) groups excluding carboxylic acids is 1. The number of aromatic nitrogens is 5. The van der Waals surface area contributed by atoms with Gasteiger partial charge in [-0.3, -0.25) is 9.48 Å². The molecule has 0 bridgehead atoms. The van der Waals surface area contributed by atoms with Gasteiger partial charge in [0, 0.05) is 38.8 Å². The van der Waals surface area contributed by atoms with Crippen molar-refractivity contribution in [3.05, 3.63) is 52.4 Å². The van der Waals surface area contributed by atoms with Crippen LogP contribution in [0.25, 0.3) is 16.7 Å². The number of thiophene rings is 1. The van der Waals surface area contributed by atoms with Crippen LogP contribution in [0.4, 0.5) is 4.39 Å². The predicted molar refractivity (Wildman–Crippen MR) is 121 cm³/mol. The molecule has 172 valence electrons. The maximum atomic E-state index is 12.3. The molecule has 9 nitrogen and oxygen atoms in total. The molecule has 1 N–H and O–H groups in total. The summed E-state index contributed by atoms with van der Waals surface area (Å²) in [6.07, 6.45) is 6.79. The number of hydrogen-bond donors (Lipinski definition) is 1. The van der Waals surface area contributed by atoms with Crippen molar-refractivity contribution in [2.75, 3.05) is 26.4 Å². The molecule has 0 spiro atoms. The molecule has 0 aliphatic carbocycles. The summed E-state index contributed by atoms with van der Waals surface area (Å²) in [6, 6.07) is 3.72. The fraction of sp³-hybridized carbons (Fsp3) is 0.364. The molecule has 1 aliphatic heterocycles. The van der Waals surface area contributed by atoms with E-state index in [4.69, 9.17) is 19.4 Å². The molecular weight excluding hydrogens is 447 g/mol. The van der Waals surface area contributed by atoms with Crippen LogP contribution in [0, 0.1) is 0 Å². The van der Waals surface area contributed by atoms with Gasteiger partial charge in [-0.15, -0.1) is 11.3 Å². The van der Waals surface area contributed by atoms with Crippen molar-refractivity contribution in [2.24, 2.45) is 7.05 Å². The lowest BCUT2D eigenvalue weighted by Crippen LogP contribution is -2.24. The fourth-order valence-electron chi connectivity index (χ4n) is 3.75. The summed E-state index contributed by atoms with van der Waals surface area (Å²) in [7, 11) is 1.87. The fourth-order valence-corrected chi connectivity index (χ4v) is 4.58. The molecule has 4 aromatic rings. The summed E-state index contributed by atoms with van der Waals surface area (Å²) in [5, 5.41) is 8.70. The summed E-state index contributed by atoms with van der Waals surface area (Å²) in [5.74, 6) is 0.809. The maximum absolute atomic E-state index is 12.3. The van der Waals surface area contributed by atoms with Gasteiger partial charge in [0.2, 0.25) is 5.88 Å². The van der Waals surface area contributed by atoms with Crippen molar-refractivity contribution in [1.82, 2.24) is 29.6 Å². The van der Waals surface area contributed by atoms with Crippen LogP contribution in [0.15, 0.2) is 36.1 Å². The van der Waals surface area contributed by atoms with Gasteiger partial charge in [0.1, 0.15) is 24.1 Å². The summed E-state index contributed by atoms with van der Waals surface area (Å²) in [6.45, 7) is 0.602. The predicted octanol–water partition coefficient (Wildman–Crippen LogP) is 2.67. The van der Waals surface area contributed by atoms with Gasteiger partial charge in [-0.1, -0.05) is 0 Å². The minimum absolute atomic E-state index is 0.00531. The van der Waals surface area contributed by atoms with Crippen molar-refractivity contribution in [3.8, 4) is 11.6 Å². The van der Waals surface area contributed by atoms with Crippen LogP contribution in [-0.4, -0.2) is 62.8 Å². The van der Waals surface area contributed by atoms with Gasteiger partial charge in [-0.25, -0.2) is 9.37 Å². The van der Waals surface area contributed by atoms with Crippen LogP contribution >= 0.6 is 11.3 Å². The number of fused-ring (bicyclic) bond motifs is 1. The van der Waals surface area contributed by atoms with E-state index in [-0.39, 0.29) is 18.6 Å². The first-order chi connectivity index (χ1) is 16.1. The lowest BCUT2D eigenvalue weighted by molar-refractivity contribution is 0.0955. The Kier molecular flexibility index (Phi) is 6.05. The normalized spacial score (nSPS) is 15.9. The second kappa shape index (κ2) is 9.28. The Bertz CT molecular complexity index is 1280. The third-order valence-electron chi connectivity index (χ3n) is 5.30. The van der Waals surface area contributed by atoms with E-state index in [0.29, 0.717) is 36.2 Å². The van der Waals surface area contributed by atoms with E-state index in [1.807, 2.05) is 35.5 Å². The molecule has 0 unspecified atom stereocenters. The average molecular weight is 471 g/mol. The number of hydrogen-bond acceptors (Lipinski definition) is 7. The van der Waals surface area contributed by atoms with Crippen LogP contribution in [-0.2, 0) is 18.2 Å². The summed E-state index contributed by atoms with van der Waals surface area (Å²) < 4.78 is 27.8. The van der Waals surface area contributed by atoms with E-state index >= 15 is 0 Å². The monoisotopic (exact) mass is 470 g/mol. The number of ether oxygens (including phenoxy) is 2. The summed E-state index contributed by atoms with van der Waals surface area (Å²) in [4.78, 5) is 22.1. The van der Waals surface area contributed by atoms with Crippen molar-refractivity contribution in [1.29, 1.82) is 0 Å². The first-order valence-electron chi connectivity index (χ1n) is 10.6. The van der Waals surface area contributed by atoms with Crippen molar-refractivity contribution < 1.29 is 18.7 Å². The molecule has 5 rings (SSSR count). The van der Waals surface area contributed by atoms with Crippen LogP contribution in [0.5, 0.6) is 5.88 Å². The van der Waals surface area contributed by atoms with Gasteiger partial charge in [0.15, 0.2) is 0 Å². The van der Waals surface area contributed by atoms with Crippen LogP contribution in [0.3, 0.4) is 0 Å². The highest BCUT2D eigenvalue weighted by atomic mass is 32.1. The van der Waals surface area contributed by atoms with E-state index in [1.165, 1.54) is 11.3 Å². The van der Waals surface area contributed by atoms with Crippen molar-refractivity contribution in [3.63, 3.8) is 0 Å². The molecular formula is C22H23FN6O3S. The molecule has 11 heteroatoms. The van der Waals surface area contributed by atoms with E-state index in [9.17, 15) is 9.18 Å². The van der Waals surface area contributed by atoms with Gasteiger partial charge < -0.3 is 19.4 Å². The zero-order valence-electron chi connectivity index (χ0n) is 18.0. The average Bonchev–Trinajstić information content (AvgIpc) is 3.59. The Hall–Kier alpha value is -3.31. The van der Waals surface area contributed by atoms with Gasteiger partial charge in [-0.2, -0.15) is 10.1 Å². The van der Waals surface area contributed by atoms with E-state index in [1.54, 1.807) is 16.9 Å². The molecule has 0 aromatic carbocycles. The zero-order valence-corrected chi connectivity index (χ0v) is 18.8. The van der Waals surface area contributed by atoms with Gasteiger partial charge in [-0.05, 0) is 23.1 Å². The maximum Gasteiger partial charge on any atom is 0.261 e. The molecule has 33 heavy (non-hydrogen) atoms. The standard InChI is InChI=1S/C22H23FN6O3S/c1-28-11-15(10-25-28)29-6-2-17-20(29)22(32-16-3-7-31-12-16)27-19(26-17)9-14-8-18(33-13-14)21(30)24-5-4-23/h2,6,8,10-11,13,16H,3-5,7,9,12H2,1H3,(H,24,30)/t16-/m0/s1. The van der Waals surface area contributed by atoms with Gasteiger partial charge in [0.25, 0.3) is 5.91 Å². The third-order valence-corrected chi connectivity index (χ3v) is 6.28. The van der Waals surface area contributed by atoms with Crippen molar-refractivity contribution in [2.45, 2.75) is 18.9 Å². The molecule has 1 saturated heterocycles. The summed E-state index contributed by atoms with van der Waals surface area (Å²) in [5.41, 5.74) is 3.33. The molecule has 1 atom stereocenters. The Morgan fingerprint density at radius 2 is 2.33 bits per heavy atom. The van der Waals surface area contributed by atoms with Crippen LogP contribution in [0.1, 0.15) is 27.5 Å². The smallest absolute Gasteiger partial charge is 0.261 e. The molecule has 1 aliphatic rings. The number of amides is 1. The summed E-state index contributed by atoms with van der Waals surface area (Å²) >= 11 is 1.31. The molecule has 5 heterocycles. The lowest BCUT2D eigenvalue weighted by atomic mass is 10.2. The Labute approximate surface area is 193 Å². The van der Waals surface area contributed by atoms with Crippen LogP contribution in [0.2, 0.25) is 0 Å². The van der Waals surface area contributed by atoms with E-state index < -0.39 is 6.67 Å². The third kappa shape index (κ3) is 4.60. The SMILES string of the molecule is Cn1cc(-n2ccc3nc(Cc4csc(C(=O)NCCF)c4)nc(O[C@H]4CCOC4)c32)cn1. The number of aryl methyl sites for hydroxylation is 1. The number of nitrogens with zero attached hydrogens (tertiary/aromatic N) is 5. The van der Waals surface area contributed by atoms with E-state index in [0.717, 1.165) is 28.7 Å². The van der Waals surface area contributed by atoms with Gasteiger partial charge >= 0.3 is 0 Å². The highest BCUT2D eigenvalue weighted by Gasteiger charge is 2.22. The topological polar surface area (TPSA) is 96.1 Å². The second-order valence-electron chi connectivity index (χ2n) is 7.78. The number of halogens is 1. The molecule has 1 amide bonds. The second-order valence-corrected chi connectivity index (χ2v) is 8.69. The quantitative estimate of drug-likeness (QED) is 0.425. The highest BCUT2D eigenvalue weighted by molar-refractivity contribution is 7.12. The van der Waals surface area contributed by atoms with Gasteiger partial charge in [0.05, 0.1) is 35.5 Å². The van der Waals surface area contributed by atoms with E-state index in [2.05, 4.69) is 10.4 Å². The first kappa shape index (κ1) is 21.5. The minimum atomic E-state index is -0.592. The molecule has 0 radical (unpaired) electrons. The van der Waals surface area contributed by atoms with Crippen LogP contribution < -0.4 is 10.1 Å². The molecule has 0 saturated carbocycles. The largest absolute Gasteiger partial charge is 0.470 e. The number of rotatable bonds is 8. The zero-order chi connectivity index (χ0) is 22.8. The molecule has 1 fully saturated rings. The highest BCUT2D eigenvalue weighted by Crippen LogP contribution is 2.29. The number of nitrogens with one attached hydrogen (secondary N) is 1. The minimum Gasteiger partial charge on any atom is -0.470 e. The molecule has 4 aromatic heterocycles. The Morgan fingerprint density at radius 1 is 1.42 bits per heavy atom. The Balaban J connectivity index is 1.47.